The van der Waals surface area contributed by atoms with E-state index in [0.29, 0.717) is 31.2 Å². The van der Waals surface area contributed by atoms with E-state index in [-0.39, 0.29) is 24.5 Å². The number of fused-ring (bicyclic) bond motifs is 1. The molecule has 8 heteroatoms. The van der Waals surface area contributed by atoms with Crippen molar-refractivity contribution in [1.29, 1.82) is 0 Å². The molecule has 0 radical (unpaired) electrons. The average molecular weight is 447 g/mol. The standard InChI is InChI=1S/C24H32F2N4O2/c1-15(2)18-8-4-5-9-21(18)32-14-23(31)29-10-6-7-17(13-29)19-12-20(24(25)26)30-22(27-19)11-16(3)28-30/h4-5,8-9,11,15,17,19-20,24,27H,6-7,10,12-14H2,1-3H3/t17?,19-,20+/m0/s1. The number of anilines is 1. The van der Waals surface area contributed by atoms with Crippen LogP contribution in [0.3, 0.4) is 0 Å². The molecule has 174 valence electrons. The van der Waals surface area contributed by atoms with Gasteiger partial charge in [-0.1, -0.05) is 32.0 Å². The first-order valence-corrected chi connectivity index (χ1v) is 11.4. The van der Waals surface area contributed by atoms with Crippen LogP contribution < -0.4 is 10.1 Å². The number of halogens is 2. The van der Waals surface area contributed by atoms with Crippen molar-refractivity contribution in [2.75, 3.05) is 25.0 Å². The van der Waals surface area contributed by atoms with Crippen LogP contribution >= 0.6 is 0 Å². The van der Waals surface area contributed by atoms with E-state index < -0.39 is 12.5 Å². The zero-order valence-corrected chi connectivity index (χ0v) is 18.9. The maximum absolute atomic E-state index is 13.7. The number of aromatic nitrogens is 2. The normalized spacial score (nSPS) is 23.2. The third-order valence-electron chi connectivity index (χ3n) is 6.56. The van der Waals surface area contributed by atoms with E-state index in [1.54, 1.807) is 0 Å². The first-order valence-electron chi connectivity index (χ1n) is 11.4. The van der Waals surface area contributed by atoms with Gasteiger partial charge in [-0.3, -0.25) is 4.79 Å². The van der Waals surface area contributed by atoms with Gasteiger partial charge in [-0.2, -0.15) is 5.10 Å². The smallest absolute Gasteiger partial charge is 0.260 e. The highest BCUT2D eigenvalue weighted by Crippen LogP contribution is 2.36. The van der Waals surface area contributed by atoms with E-state index in [4.69, 9.17) is 4.74 Å². The van der Waals surface area contributed by atoms with Crippen LogP contribution in [0.15, 0.2) is 30.3 Å². The average Bonchev–Trinajstić information content (AvgIpc) is 3.16. The lowest BCUT2D eigenvalue weighted by atomic mass is 9.86. The Hall–Kier alpha value is -2.64. The number of nitrogens with zero attached hydrogens (tertiary/aromatic N) is 3. The van der Waals surface area contributed by atoms with Gasteiger partial charge in [-0.25, -0.2) is 13.5 Å². The minimum atomic E-state index is -2.48. The summed E-state index contributed by atoms with van der Waals surface area (Å²) in [5, 5.41) is 7.65. The number of likely N-dealkylation sites (tertiary alicyclic amines) is 1. The Labute approximate surface area is 187 Å². The molecule has 1 amide bonds. The van der Waals surface area contributed by atoms with E-state index in [1.807, 2.05) is 42.2 Å². The van der Waals surface area contributed by atoms with Crippen LogP contribution in [0.1, 0.15) is 56.3 Å². The Morgan fingerprint density at radius 1 is 1.31 bits per heavy atom. The molecule has 1 aromatic heterocycles. The Bertz CT molecular complexity index is 946. The van der Waals surface area contributed by atoms with Crippen LogP contribution in [-0.4, -0.2) is 52.8 Å². The number of hydrogen-bond donors (Lipinski definition) is 1. The lowest BCUT2D eigenvalue weighted by Gasteiger charge is -2.41. The zero-order chi connectivity index (χ0) is 22.8. The van der Waals surface area contributed by atoms with E-state index >= 15 is 0 Å². The molecule has 0 saturated carbocycles. The van der Waals surface area contributed by atoms with Crippen molar-refractivity contribution in [3.05, 3.63) is 41.6 Å². The summed E-state index contributed by atoms with van der Waals surface area (Å²) in [6, 6.07) is 8.54. The van der Waals surface area contributed by atoms with Gasteiger partial charge >= 0.3 is 0 Å². The molecule has 0 aliphatic carbocycles. The van der Waals surface area contributed by atoms with E-state index in [1.165, 1.54) is 4.68 Å². The fourth-order valence-electron chi connectivity index (χ4n) is 4.89. The highest BCUT2D eigenvalue weighted by atomic mass is 19.3. The number of amides is 1. The highest BCUT2D eigenvalue weighted by Gasteiger charge is 2.38. The van der Waals surface area contributed by atoms with Crippen LogP contribution in [-0.2, 0) is 4.79 Å². The predicted octanol–water partition coefficient (Wildman–Crippen LogP) is 4.62. The number of aryl methyl sites for hydroxylation is 1. The van der Waals surface area contributed by atoms with Crippen molar-refractivity contribution in [2.24, 2.45) is 5.92 Å². The topological polar surface area (TPSA) is 59.4 Å². The molecule has 2 aromatic rings. The molecule has 2 aliphatic rings. The molecule has 1 fully saturated rings. The van der Waals surface area contributed by atoms with E-state index in [2.05, 4.69) is 24.3 Å². The summed E-state index contributed by atoms with van der Waals surface area (Å²) < 4.78 is 34.8. The molecule has 1 N–H and O–H groups in total. The van der Waals surface area contributed by atoms with Gasteiger partial charge in [0.25, 0.3) is 12.3 Å². The number of nitrogens with one attached hydrogen (secondary N) is 1. The Morgan fingerprint density at radius 2 is 2.09 bits per heavy atom. The molecular formula is C24H32F2N4O2. The van der Waals surface area contributed by atoms with Gasteiger partial charge in [-0.05, 0) is 49.7 Å². The molecule has 32 heavy (non-hydrogen) atoms. The molecule has 2 aliphatic heterocycles. The van der Waals surface area contributed by atoms with Crippen LogP contribution in [0.5, 0.6) is 5.75 Å². The van der Waals surface area contributed by atoms with E-state index in [9.17, 15) is 13.6 Å². The number of carbonyl (C=O) groups excluding carboxylic acids is 1. The van der Waals surface area contributed by atoms with Gasteiger partial charge < -0.3 is 15.0 Å². The van der Waals surface area contributed by atoms with E-state index in [0.717, 1.165) is 29.8 Å². The third-order valence-corrected chi connectivity index (χ3v) is 6.56. The number of para-hydroxylation sites is 1. The molecule has 0 bridgehead atoms. The van der Waals surface area contributed by atoms with Gasteiger partial charge in [-0.15, -0.1) is 0 Å². The number of benzene rings is 1. The number of piperidine rings is 1. The van der Waals surface area contributed by atoms with Crippen molar-refractivity contribution in [3.8, 4) is 5.75 Å². The molecular weight excluding hydrogens is 414 g/mol. The fourth-order valence-corrected chi connectivity index (χ4v) is 4.89. The SMILES string of the molecule is Cc1cc2n(n1)[C@@H](C(F)F)C[C@@H](C1CCCN(C(=O)COc3ccccc3C(C)C)C1)N2. The van der Waals surface area contributed by atoms with Gasteiger partial charge in [0.15, 0.2) is 6.61 Å². The van der Waals surface area contributed by atoms with Gasteiger partial charge in [0.05, 0.1) is 5.69 Å². The summed E-state index contributed by atoms with van der Waals surface area (Å²) in [5.74, 6) is 1.73. The lowest BCUT2D eigenvalue weighted by Crippen LogP contribution is -2.49. The number of carbonyl (C=O) groups is 1. The molecule has 1 unspecified atom stereocenters. The van der Waals surface area contributed by atoms with Crippen molar-refractivity contribution < 1.29 is 18.3 Å². The first-order chi connectivity index (χ1) is 15.3. The second kappa shape index (κ2) is 9.46. The van der Waals surface area contributed by atoms with Gasteiger partial charge in [0.2, 0.25) is 0 Å². The lowest BCUT2D eigenvalue weighted by molar-refractivity contribution is -0.135. The maximum atomic E-state index is 13.7. The predicted molar refractivity (Wildman–Crippen MR) is 119 cm³/mol. The second-order valence-electron chi connectivity index (χ2n) is 9.23. The number of hydrogen-bond acceptors (Lipinski definition) is 4. The second-order valence-corrected chi connectivity index (χ2v) is 9.23. The monoisotopic (exact) mass is 446 g/mol. The van der Waals surface area contributed by atoms with Gasteiger partial charge in [0.1, 0.15) is 17.6 Å². The molecule has 1 aromatic carbocycles. The van der Waals surface area contributed by atoms with Crippen molar-refractivity contribution >= 4 is 11.7 Å². The molecule has 1 saturated heterocycles. The maximum Gasteiger partial charge on any atom is 0.260 e. The molecule has 3 heterocycles. The Balaban J connectivity index is 1.40. The van der Waals surface area contributed by atoms with Gasteiger partial charge in [0, 0.05) is 25.2 Å². The quantitative estimate of drug-likeness (QED) is 0.703. The summed E-state index contributed by atoms with van der Waals surface area (Å²) in [4.78, 5) is 14.7. The minimum absolute atomic E-state index is 0.0137. The van der Waals surface area contributed by atoms with Crippen molar-refractivity contribution in [1.82, 2.24) is 14.7 Å². The Morgan fingerprint density at radius 3 is 2.84 bits per heavy atom. The fraction of sp³-hybridized carbons (Fsp3) is 0.583. The number of rotatable bonds is 6. The largest absolute Gasteiger partial charge is 0.483 e. The zero-order valence-electron chi connectivity index (χ0n) is 18.9. The van der Waals surface area contributed by atoms with Crippen LogP contribution in [0.2, 0.25) is 0 Å². The number of alkyl halides is 2. The third kappa shape index (κ3) is 4.74. The first kappa shape index (κ1) is 22.6. The summed E-state index contributed by atoms with van der Waals surface area (Å²) in [5.41, 5.74) is 1.80. The highest BCUT2D eigenvalue weighted by molar-refractivity contribution is 5.78. The van der Waals surface area contributed by atoms with Crippen LogP contribution in [0.4, 0.5) is 14.6 Å². The molecule has 3 atom stereocenters. The number of ether oxygens (including phenoxy) is 1. The van der Waals surface area contributed by atoms with Crippen molar-refractivity contribution in [3.63, 3.8) is 0 Å². The van der Waals surface area contributed by atoms with Crippen molar-refractivity contribution in [2.45, 2.75) is 64.5 Å². The summed E-state index contributed by atoms with van der Waals surface area (Å²) in [7, 11) is 0. The summed E-state index contributed by atoms with van der Waals surface area (Å²) >= 11 is 0. The summed E-state index contributed by atoms with van der Waals surface area (Å²) in [6.07, 6.45) is -0.416. The molecule has 6 nitrogen and oxygen atoms in total. The van der Waals surface area contributed by atoms with Crippen LogP contribution in [0.25, 0.3) is 0 Å². The molecule has 4 rings (SSSR count). The Kier molecular flexibility index (Phi) is 6.67. The summed E-state index contributed by atoms with van der Waals surface area (Å²) in [6.45, 7) is 7.21. The minimum Gasteiger partial charge on any atom is -0.483 e. The van der Waals surface area contributed by atoms with Crippen LogP contribution in [0, 0.1) is 12.8 Å². The molecule has 0 spiro atoms.